The Morgan fingerprint density at radius 2 is 1.86 bits per heavy atom. The number of amides is 1. The van der Waals surface area contributed by atoms with E-state index in [0.717, 1.165) is 5.56 Å². The zero-order valence-electron chi connectivity index (χ0n) is 11.8. The second-order valence-corrected chi connectivity index (χ2v) is 4.30. The van der Waals surface area contributed by atoms with Crippen molar-refractivity contribution in [1.29, 1.82) is 0 Å². The quantitative estimate of drug-likeness (QED) is 0.658. The van der Waals surface area contributed by atoms with Crippen LogP contribution in [0.4, 0.5) is 4.39 Å². The summed E-state index contributed by atoms with van der Waals surface area (Å²) in [7, 11) is 0. The van der Waals surface area contributed by atoms with Crippen LogP contribution in [-0.4, -0.2) is 18.7 Å². The van der Waals surface area contributed by atoms with Crippen LogP contribution in [0, 0.1) is 5.82 Å². The first-order valence-electron chi connectivity index (χ1n) is 6.66. The van der Waals surface area contributed by atoms with Crippen molar-refractivity contribution in [2.24, 2.45) is 5.10 Å². The Morgan fingerprint density at radius 1 is 1.14 bits per heavy atom. The number of para-hydroxylation sites is 1. The molecule has 0 saturated heterocycles. The fraction of sp³-hybridized carbons (Fsp3) is 0.0588. The van der Waals surface area contributed by atoms with E-state index in [4.69, 9.17) is 4.74 Å². The summed E-state index contributed by atoms with van der Waals surface area (Å²) in [6.07, 6.45) is 5.01. The van der Waals surface area contributed by atoms with Crippen LogP contribution in [0.1, 0.15) is 5.56 Å². The van der Waals surface area contributed by atoms with E-state index in [1.165, 1.54) is 18.3 Å². The van der Waals surface area contributed by atoms with Gasteiger partial charge in [-0.25, -0.2) is 9.82 Å². The second-order valence-electron chi connectivity index (χ2n) is 4.30. The van der Waals surface area contributed by atoms with Gasteiger partial charge in [0.25, 0.3) is 5.91 Å². The molecule has 2 aromatic rings. The molecule has 22 heavy (non-hydrogen) atoms. The SMILES string of the molecule is O=C(COc1ccccc1F)N/N=C/C=C/c1ccccc1. The highest BCUT2D eigenvalue weighted by atomic mass is 19.1. The average Bonchev–Trinajstić information content (AvgIpc) is 2.55. The predicted molar refractivity (Wildman–Crippen MR) is 84.0 cm³/mol. The summed E-state index contributed by atoms with van der Waals surface area (Å²) >= 11 is 0. The largest absolute Gasteiger partial charge is 0.481 e. The monoisotopic (exact) mass is 298 g/mol. The van der Waals surface area contributed by atoms with Crippen LogP contribution < -0.4 is 10.2 Å². The minimum absolute atomic E-state index is 0.0330. The maximum Gasteiger partial charge on any atom is 0.277 e. The number of carbonyl (C=O) groups excluding carboxylic acids is 1. The van der Waals surface area contributed by atoms with Crippen LogP contribution in [0.3, 0.4) is 0 Å². The molecule has 1 amide bonds. The Balaban J connectivity index is 1.73. The van der Waals surface area contributed by atoms with Crippen molar-refractivity contribution in [3.8, 4) is 5.75 Å². The van der Waals surface area contributed by atoms with E-state index in [0.29, 0.717) is 0 Å². The highest BCUT2D eigenvalue weighted by Crippen LogP contribution is 2.14. The summed E-state index contributed by atoms with van der Waals surface area (Å²) in [6.45, 7) is -0.305. The molecule has 0 saturated carbocycles. The van der Waals surface area contributed by atoms with E-state index >= 15 is 0 Å². The Bertz CT molecular complexity index is 669. The summed E-state index contributed by atoms with van der Waals surface area (Å²) < 4.78 is 18.3. The molecule has 4 nitrogen and oxygen atoms in total. The molecule has 2 aromatic carbocycles. The summed E-state index contributed by atoms with van der Waals surface area (Å²) in [4.78, 5) is 11.5. The number of nitrogens with one attached hydrogen (secondary N) is 1. The zero-order chi connectivity index (χ0) is 15.6. The van der Waals surface area contributed by atoms with Crippen molar-refractivity contribution < 1.29 is 13.9 Å². The van der Waals surface area contributed by atoms with Gasteiger partial charge in [-0.3, -0.25) is 4.79 Å². The van der Waals surface area contributed by atoms with Gasteiger partial charge in [0.05, 0.1) is 0 Å². The molecule has 112 valence electrons. The standard InChI is InChI=1S/C17H15FN2O2/c18-15-10-4-5-11-16(15)22-13-17(21)20-19-12-6-9-14-7-2-1-3-8-14/h1-12H,13H2,(H,20,21)/b9-6+,19-12+. The van der Waals surface area contributed by atoms with Gasteiger partial charge >= 0.3 is 0 Å². The van der Waals surface area contributed by atoms with Crippen molar-refractivity contribution >= 4 is 18.2 Å². The van der Waals surface area contributed by atoms with Crippen LogP contribution in [0.15, 0.2) is 65.8 Å². The number of nitrogens with zero attached hydrogens (tertiary/aromatic N) is 1. The van der Waals surface area contributed by atoms with Gasteiger partial charge < -0.3 is 4.74 Å². The van der Waals surface area contributed by atoms with Crippen molar-refractivity contribution in [2.45, 2.75) is 0 Å². The van der Waals surface area contributed by atoms with Gasteiger partial charge in [-0.05, 0) is 23.8 Å². The van der Waals surface area contributed by atoms with Crippen LogP contribution >= 0.6 is 0 Å². The molecule has 0 aliphatic carbocycles. The zero-order valence-corrected chi connectivity index (χ0v) is 11.8. The van der Waals surface area contributed by atoms with Gasteiger partial charge in [0.1, 0.15) is 0 Å². The molecule has 0 atom stereocenters. The number of halogens is 1. The summed E-state index contributed by atoms with van der Waals surface area (Å²) in [5, 5.41) is 3.74. The molecule has 0 heterocycles. The first kappa shape index (κ1) is 15.4. The van der Waals surface area contributed by atoms with E-state index in [2.05, 4.69) is 10.5 Å². The van der Waals surface area contributed by atoms with Crippen LogP contribution in [-0.2, 0) is 4.79 Å². The third kappa shape index (κ3) is 5.20. The van der Waals surface area contributed by atoms with Gasteiger partial charge in [-0.15, -0.1) is 0 Å². The molecular weight excluding hydrogens is 283 g/mol. The number of ether oxygens (including phenoxy) is 1. The van der Waals surface area contributed by atoms with E-state index in [1.54, 1.807) is 18.2 Å². The summed E-state index contributed by atoms with van der Waals surface area (Å²) in [6, 6.07) is 15.6. The summed E-state index contributed by atoms with van der Waals surface area (Å²) in [5.41, 5.74) is 3.32. The topological polar surface area (TPSA) is 50.7 Å². The van der Waals surface area contributed by atoms with E-state index in [-0.39, 0.29) is 12.4 Å². The third-order valence-electron chi connectivity index (χ3n) is 2.63. The number of hydrogen-bond donors (Lipinski definition) is 1. The second kappa shape index (κ2) is 8.36. The molecule has 1 N–H and O–H groups in total. The fourth-order valence-electron chi connectivity index (χ4n) is 1.61. The van der Waals surface area contributed by atoms with E-state index in [9.17, 15) is 9.18 Å². The van der Waals surface area contributed by atoms with Crippen LogP contribution in [0.25, 0.3) is 6.08 Å². The van der Waals surface area contributed by atoms with E-state index < -0.39 is 11.7 Å². The Morgan fingerprint density at radius 3 is 2.64 bits per heavy atom. The lowest BCUT2D eigenvalue weighted by Gasteiger charge is -2.05. The minimum Gasteiger partial charge on any atom is -0.481 e. The molecule has 0 aliphatic rings. The lowest BCUT2D eigenvalue weighted by Crippen LogP contribution is -2.24. The normalized spacial score (nSPS) is 11.0. The maximum atomic E-state index is 13.3. The van der Waals surface area contributed by atoms with Crippen molar-refractivity contribution in [2.75, 3.05) is 6.61 Å². The fourth-order valence-corrected chi connectivity index (χ4v) is 1.61. The minimum atomic E-state index is -0.510. The molecule has 0 radical (unpaired) electrons. The van der Waals surface area contributed by atoms with Crippen LogP contribution in [0.5, 0.6) is 5.75 Å². The lowest BCUT2D eigenvalue weighted by atomic mass is 10.2. The molecule has 0 spiro atoms. The lowest BCUT2D eigenvalue weighted by molar-refractivity contribution is -0.123. The molecule has 0 bridgehead atoms. The number of rotatable bonds is 6. The van der Waals surface area contributed by atoms with Crippen molar-refractivity contribution in [1.82, 2.24) is 5.43 Å². The maximum absolute atomic E-state index is 13.3. The highest BCUT2D eigenvalue weighted by molar-refractivity contribution is 5.81. The first-order valence-corrected chi connectivity index (χ1v) is 6.66. The first-order chi connectivity index (χ1) is 10.8. The van der Waals surface area contributed by atoms with Gasteiger partial charge in [-0.2, -0.15) is 5.10 Å². The van der Waals surface area contributed by atoms with Gasteiger partial charge in [0, 0.05) is 6.21 Å². The average molecular weight is 298 g/mol. The molecule has 5 heteroatoms. The number of carbonyl (C=O) groups is 1. The van der Waals surface area contributed by atoms with Gasteiger partial charge in [0.2, 0.25) is 0 Å². The Hall–Kier alpha value is -2.95. The summed E-state index contributed by atoms with van der Waals surface area (Å²) in [5.74, 6) is -0.942. The Labute approximate surface area is 127 Å². The van der Waals surface area contributed by atoms with Gasteiger partial charge in [0.15, 0.2) is 18.2 Å². The molecule has 0 aromatic heterocycles. The van der Waals surface area contributed by atoms with E-state index in [1.807, 2.05) is 36.4 Å². The number of benzene rings is 2. The molecule has 0 unspecified atom stereocenters. The van der Waals surface area contributed by atoms with Crippen molar-refractivity contribution in [3.05, 3.63) is 72.1 Å². The third-order valence-corrected chi connectivity index (χ3v) is 2.63. The molecule has 0 aliphatic heterocycles. The number of hydrogen-bond acceptors (Lipinski definition) is 3. The van der Waals surface area contributed by atoms with Crippen LogP contribution in [0.2, 0.25) is 0 Å². The molecular formula is C17H15FN2O2. The van der Waals surface area contributed by atoms with Crippen molar-refractivity contribution in [3.63, 3.8) is 0 Å². The smallest absolute Gasteiger partial charge is 0.277 e. The Kier molecular flexibility index (Phi) is 5.87. The molecule has 2 rings (SSSR count). The van der Waals surface area contributed by atoms with Gasteiger partial charge in [-0.1, -0.05) is 48.5 Å². The predicted octanol–water partition coefficient (Wildman–Crippen LogP) is 3.02. The highest BCUT2D eigenvalue weighted by Gasteiger charge is 2.04. The molecule has 0 fully saturated rings. The number of allylic oxidation sites excluding steroid dienone is 1. The number of hydrazone groups is 1.